The molecule has 2 nitrogen and oxygen atoms in total. The van der Waals surface area contributed by atoms with E-state index in [2.05, 4.69) is 60.7 Å². The fourth-order valence-corrected chi connectivity index (χ4v) is 7.06. The molecule has 4 aromatic rings. The van der Waals surface area contributed by atoms with Gasteiger partial charge in [-0.25, -0.2) is 0 Å². The van der Waals surface area contributed by atoms with Crippen molar-refractivity contribution in [1.82, 2.24) is 0 Å². The fourth-order valence-electron chi connectivity index (χ4n) is 7.06. The Morgan fingerprint density at radius 2 is 0.884 bits per heavy atom. The Morgan fingerprint density at radius 1 is 0.488 bits per heavy atom. The van der Waals surface area contributed by atoms with Crippen LogP contribution in [0, 0.1) is 0 Å². The molecule has 6 rings (SSSR count). The molecule has 0 heterocycles. The van der Waals surface area contributed by atoms with E-state index in [-0.39, 0.29) is 0 Å². The highest BCUT2D eigenvalue weighted by atomic mass is 16.3. The van der Waals surface area contributed by atoms with Gasteiger partial charge >= 0.3 is 0 Å². The summed E-state index contributed by atoms with van der Waals surface area (Å²) in [4.78, 5) is 0. The van der Waals surface area contributed by atoms with E-state index in [0.29, 0.717) is 29.8 Å². The Morgan fingerprint density at radius 3 is 1.28 bits per heavy atom. The van der Waals surface area contributed by atoms with Crippen LogP contribution in [0.15, 0.2) is 84.9 Å². The molecule has 2 N–H and O–H groups in total. The van der Waals surface area contributed by atoms with Gasteiger partial charge in [-0.05, 0) is 83.0 Å². The van der Waals surface area contributed by atoms with Crippen LogP contribution in [0.2, 0.25) is 0 Å². The van der Waals surface area contributed by atoms with Crippen molar-refractivity contribution in [3.8, 4) is 11.5 Å². The average Bonchev–Trinajstić information content (AvgIpc) is 3.07. The Bertz CT molecular complexity index is 1430. The number of benzene rings is 4. The summed E-state index contributed by atoms with van der Waals surface area (Å²) in [7, 11) is 0. The van der Waals surface area contributed by atoms with Crippen molar-refractivity contribution in [2.45, 2.75) is 82.5 Å². The van der Waals surface area contributed by atoms with Gasteiger partial charge in [0.2, 0.25) is 0 Å². The summed E-state index contributed by atoms with van der Waals surface area (Å²) in [5.74, 6) is 1.66. The van der Waals surface area contributed by atoms with E-state index in [1.54, 1.807) is 0 Å². The molecule has 2 aliphatic rings. The van der Waals surface area contributed by atoms with Crippen LogP contribution in [0.3, 0.4) is 0 Å². The van der Waals surface area contributed by atoms with E-state index < -0.39 is 0 Å². The van der Waals surface area contributed by atoms with E-state index in [1.165, 1.54) is 75.3 Å². The van der Waals surface area contributed by atoms with E-state index in [1.807, 2.05) is 48.6 Å². The maximum atomic E-state index is 11.6. The SMILES string of the molecule is Oc1c(/C=C/c2ccccc2)cc(C2CCCCC2)cc1Cc1cc(C2CCCCC2)cc(/C=C/c2ccccc2)c1O. The first-order chi connectivity index (χ1) is 21.1. The molecule has 2 saturated carbocycles. The van der Waals surface area contributed by atoms with Gasteiger partial charge in [-0.3, -0.25) is 0 Å². The van der Waals surface area contributed by atoms with Gasteiger partial charge < -0.3 is 10.2 Å². The third kappa shape index (κ3) is 7.31. The lowest BCUT2D eigenvalue weighted by molar-refractivity contribution is 0.438. The van der Waals surface area contributed by atoms with Gasteiger partial charge in [0, 0.05) is 17.5 Å². The van der Waals surface area contributed by atoms with Crippen LogP contribution in [-0.4, -0.2) is 10.2 Å². The summed E-state index contributed by atoms with van der Waals surface area (Å²) in [6.07, 6.45) is 21.2. The molecule has 0 aromatic heterocycles. The van der Waals surface area contributed by atoms with Crippen LogP contribution in [0.1, 0.15) is 121 Å². The first kappa shape index (κ1) is 29.1. The number of hydrogen-bond acceptors (Lipinski definition) is 2. The minimum absolute atomic E-state index is 0.315. The highest BCUT2D eigenvalue weighted by molar-refractivity contribution is 5.76. The lowest BCUT2D eigenvalue weighted by Gasteiger charge is -2.25. The minimum atomic E-state index is 0.315. The highest BCUT2D eigenvalue weighted by Crippen LogP contribution is 2.41. The number of phenolic OH excluding ortho intramolecular Hbond substituents is 2. The molecule has 0 bridgehead atoms. The molecule has 220 valence electrons. The van der Waals surface area contributed by atoms with E-state index in [4.69, 9.17) is 0 Å². The number of phenols is 2. The smallest absolute Gasteiger partial charge is 0.126 e. The lowest BCUT2D eigenvalue weighted by atomic mass is 9.81. The summed E-state index contributed by atoms with van der Waals surface area (Å²) in [5.41, 5.74) is 8.34. The van der Waals surface area contributed by atoms with Crippen LogP contribution in [0.4, 0.5) is 0 Å². The molecule has 0 amide bonds. The first-order valence-corrected chi connectivity index (χ1v) is 16.3. The molecule has 2 heteroatoms. The summed E-state index contributed by atoms with van der Waals surface area (Å²) in [6.45, 7) is 0. The van der Waals surface area contributed by atoms with E-state index >= 15 is 0 Å². The maximum absolute atomic E-state index is 11.6. The highest BCUT2D eigenvalue weighted by Gasteiger charge is 2.22. The molecule has 4 aromatic carbocycles. The molecule has 2 fully saturated rings. The second-order valence-corrected chi connectivity index (χ2v) is 12.6. The molecule has 2 aliphatic carbocycles. The zero-order valence-corrected chi connectivity index (χ0v) is 25.2. The van der Waals surface area contributed by atoms with Crippen molar-refractivity contribution in [1.29, 1.82) is 0 Å². The summed E-state index contributed by atoms with van der Waals surface area (Å²) in [5, 5.41) is 23.3. The topological polar surface area (TPSA) is 40.5 Å². The largest absolute Gasteiger partial charge is 0.507 e. The molecule has 0 spiro atoms. The van der Waals surface area contributed by atoms with Gasteiger partial charge in [-0.15, -0.1) is 0 Å². The average molecular weight is 569 g/mol. The van der Waals surface area contributed by atoms with Gasteiger partial charge in [0.25, 0.3) is 0 Å². The third-order valence-corrected chi connectivity index (χ3v) is 9.53. The van der Waals surface area contributed by atoms with Crippen LogP contribution in [0.25, 0.3) is 24.3 Å². The zero-order valence-electron chi connectivity index (χ0n) is 25.2. The van der Waals surface area contributed by atoms with Crippen molar-refractivity contribution < 1.29 is 10.2 Å². The predicted molar refractivity (Wildman–Crippen MR) is 181 cm³/mol. The van der Waals surface area contributed by atoms with Crippen molar-refractivity contribution >= 4 is 24.3 Å². The van der Waals surface area contributed by atoms with E-state index in [0.717, 1.165) is 33.4 Å². The molecule has 0 atom stereocenters. The van der Waals surface area contributed by atoms with Crippen LogP contribution >= 0.6 is 0 Å². The zero-order chi connectivity index (χ0) is 29.4. The van der Waals surface area contributed by atoms with Crippen LogP contribution in [0.5, 0.6) is 11.5 Å². The molecule has 0 unspecified atom stereocenters. The Hall–Kier alpha value is -4.04. The molecule has 0 saturated heterocycles. The lowest BCUT2D eigenvalue weighted by Crippen LogP contribution is -2.07. The second kappa shape index (κ2) is 14.0. The molecular weight excluding hydrogens is 524 g/mol. The van der Waals surface area contributed by atoms with Crippen LogP contribution < -0.4 is 0 Å². The molecule has 0 radical (unpaired) electrons. The summed E-state index contributed by atoms with van der Waals surface area (Å²) in [6, 6.07) is 29.3. The normalized spacial score (nSPS) is 16.7. The quantitative estimate of drug-likeness (QED) is 0.208. The Labute approximate surface area is 257 Å². The molecule has 0 aliphatic heterocycles. The van der Waals surface area contributed by atoms with Crippen molar-refractivity contribution in [2.75, 3.05) is 0 Å². The number of hydrogen-bond donors (Lipinski definition) is 2. The fraction of sp³-hybridized carbons (Fsp3) is 0.317. The Kier molecular flexibility index (Phi) is 9.43. The number of rotatable bonds is 8. The number of aromatic hydroxyl groups is 2. The maximum Gasteiger partial charge on any atom is 0.126 e. The molecule has 43 heavy (non-hydrogen) atoms. The van der Waals surface area contributed by atoms with Crippen molar-refractivity contribution in [3.63, 3.8) is 0 Å². The third-order valence-electron chi connectivity index (χ3n) is 9.53. The summed E-state index contributed by atoms with van der Waals surface area (Å²) < 4.78 is 0. The van der Waals surface area contributed by atoms with Crippen molar-refractivity contribution in [2.24, 2.45) is 0 Å². The van der Waals surface area contributed by atoms with Gasteiger partial charge in [-0.1, -0.05) is 136 Å². The van der Waals surface area contributed by atoms with Crippen molar-refractivity contribution in [3.05, 3.63) is 129 Å². The Balaban J connectivity index is 1.40. The first-order valence-electron chi connectivity index (χ1n) is 16.3. The van der Waals surface area contributed by atoms with Crippen LogP contribution in [-0.2, 0) is 6.42 Å². The van der Waals surface area contributed by atoms with Gasteiger partial charge in [0.1, 0.15) is 11.5 Å². The van der Waals surface area contributed by atoms with Gasteiger partial charge in [-0.2, -0.15) is 0 Å². The predicted octanol–water partition coefficient (Wildman–Crippen LogP) is 11.1. The van der Waals surface area contributed by atoms with Gasteiger partial charge in [0.15, 0.2) is 0 Å². The van der Waals surface area contributed by atoms with E-state index in [9.17, 15) is 10.2 Å². The molecular formula is C41H44O2. The standard InChI is InChI=1S/C41H44O2/c42-40-34(23-21-30-13-5-1-6-14-30)25-36(32-17-9-3-10-18-32)27-38(40)29-39-28-37(33-19-11-4-12-20-33)26-35(41(39)43)24-22-31-15-7-2-8-16-31/h1-2,5-8,13-16,21-28,32-33,42-43H,3-4,9-12,17-20,29H2/b23-21+,24-22+. The summed E-state index contributed by atoms with van der Waals surface area (Å²) >= 11 is 0. The second-order valence-electron chi connectivity index (χ2n) is 12.6. The monoisotopic (exact) mass is 568 g/mol. The minimum Gasteiger partial charge on any atom is -0.507 e. The van der Waals surface area contributed by atoms with Gasteiger partial charge in [0.05, 0.1) is 0 Å².